The summed E-state index contributed by atoms with van der Waals surface area (Å²) in [6.07, 6.45) is 1.71. The van der Waals surface area contributed by atoms with Gasteiger partial charge in [-0.3, -0.25) is 4.79 Å². The molecule has 4 rings (SSSR count). The largest absolute Gasteiger partial charge is 0.493 e. The highest BCUT2D eigenvalue weighted by molar-refractivity contribution is 8.00. The highest BCUT2D eigenvalue weighted by atomic mass is 32.2. The van der Waals surface area contributed by atoms with E-state index < -0.39 is 11.7 Å². The smallest absolute Gasteiger partial charge is 0.420 e. The summed E-state index contributed by atoms with van der Waals surface area (Å²) in [5.74, 6) is 0.179. The molecule has 0 fully saturated rings. The zero-order valence-corrected chi connectivity index (χ0v) is 21.5. The van der Waals surface area contributed by atoms with Crippen molar-refractivity contribution in [3.05, 3.63) is 47.3 Å². The van der Waals surface area contributed by atoms with Crippen LogP contribution in [0.25, 0.3) is 11.3 Å². The number of thioether (sulfide) groups is 1. The number of unbranched alkanes of at least 4 members (excludes halogenated alkanes) is 5. The van der Waals surface area contributed by atoms with Crippen molar-refractivity contribution in [1.82, 2.24) is 4.98 Å². The molecule has 192 valence electrons. The average molecular weight is 536 g/mol. The van der Waals surface area contributed by atoms with Crippen molar-refractivity contribution in [2.24, 2.45) is 0 Å². The zero-order chi connectivity index (χ0) is 25.5. The van der Waals surface area contributed by atoms with Gasteiger partial charge in [-0.2, -0.15) is 13.2 Å². The highest BCUT2D eigenvalue weighted by Crippen LogP contribution is 2.39. The van der Waals surface area contributed by atoms with Crippen LogP contribution in [0.3, 0.4) is 0 Å². The number of ether oxygens (including phenoxy) is 1. The molecule has 0 spiro atoms. The number of nitrogens with zero attached hydrogens (tertiary/aromatic N) is 1. The minimum atomic E-state index is -4.53. The van der Waals surface area contributed by atoms with E-state index in [-0.39, 0.29) is 18.3 Å². The van der Waals surface area contributed by atoms with E-state index in [1.54, 1.807) is 6.07 Å². The van der Waals surface area contributed by atoms with Crippen molar-refractivity contribution in [1.29, 1.82) is 0 Å². The number of hydrogen-bond acceptors (Lipinski definition) is 6. The summed E-state index contributed by atoms with van der Waals surface area (Å²) in [6, 6.07) is 9.66. The Morgan fingerprint density at radius 2 is 1.89 bits per heavy atom. The number of hydrogen-bond donors (Lipinski definition) is 2. The number of anilines is 3. The molecule has 0 unspecified atom stereocenters. The summed E-state index contributed by atoms with van der Waals surface area (Å²) < 4.78 is 46.7. The van der Waals surface area contributed by atoms with Gasteiger partial charge in [-0.1, -0.05) is 45.1 Å². The normalized spacial score (nSPS) is 13.3. The molecule has 0 aliphatic carbocycles. The molecule has 0 radical (unpaired) electrons. The fraction of sp³-hybridized carbons (Fsp3) is 0.385. The third-order valence-corrected chi connectivity index (χ3v) is 7.52. The molecule has 0 bridgehead atoms. The van der Waals surface area contributed by atoms with Crippen molar-refractivity contribution in [2.75, 3.05) is 23.0 Å². The molecule has 1 aliphatic heterocycles. The van der Waals surface area contributed by atoms with Gasteiger partial charge in [0.2, 0.25) is 5.91 Å². The van der Waals surface area contributed by atoms with Gasteiger partial charge < -0.3 is 15.4 Å². The highest BCUT2D eigenvalue weighted by Gasteiger charge is 2.35. The number of thiazole rings is 1. The average Bonchev–Trinajstić information content (AvgIpc) is 3.31. The van der Waals surface area contributed by atoms with Crippen LogP contribution < -0.4 is 15.4 Å². The minimum Gasteiger partial charge on any atom is -0.493 e. The van der Waals surface area contributed by atoms with E-state index in [0.29, 0.717) is 22.3 Å². The van der Waals surface area contributed by atoms with Crippen molar-refractivity contribution < 1.29 is 22.7 Å². The van der Waals surface area contributed by atoms with Gasteiger partial charge in [0.1, 0.15) is 5.75 Å². The Balaban J connectivity index is 1.41. The molecule has 2 aromatic carbocycles. The summed E-state index contributed by atoms with van der Waals surface area (Å²) in [4.78, 5) is 17.0. The SMILES string of the molecule is CCCCCCCCOc1ccc(Nc2nc(-c3ccc4c(c3)SCC(=O)N4)cs2)cc1C(F)(F)F. The number of amides is 1. The molecule has 5 nitrogen and oxygen atoms in total. The summed E-state index contributed by atoms with van der Waals surface area (Å²) in [5.41, 5.74) is 1.84. The summed E-state index contributed by atoms with van der Waals surface area (Å²) in [6.45, 7) is 2.41. The maximum atomic E-state index is 13.7. The van der Waals surface area contributed by atoms with Gasteiger partial charge in [0.05, 0.1) is 29.3 Å². The Hall–Kier alpha value is -2.72. The van der Waals surface area contributed by atoms with Crippen LogP contribution >= 0.6 is 23.1 Å². The third kappa shape index (κ3) is 6.94. The predicted octanol–water partition coefficient (Wildman–Crippen LogP) is 8.36. The Morgan fingerprint density at radius 3 is 2.69 bits per heavy atom. The molecule has 2 N–H and O–H groups in total. The molecular weight excluding hydrogens is 507 g/mol. The quantitative estimate of drug-likeness (QED) is 0.242. The monoisotopic (exact) mass is 535 g/mol. The molecule has 10 heteroatoms. The number of rotatable bonds is 11. The molecule has 0 atom stereocenters. The lowest BCUT2D eigenvalue weighted by Gasteiger charge is -2.16. The number of carbonyl (C=O) groups is 1. The minimum absolute atomic E-state index is 0.0301. The topological polar surface area (TPSA) is 63.2 Å². The molecule has 36 heavy (non-hydrogen) atoms. The van der Waals surface area contributed by atoms with Gasteiger partial charge in [0, 0.05) is 21.5 Å². The molecule has 1 amide bonds. The van der Waals surface area contributed by atoms with Crippen LogP contribution in [0.1, 0.15) is 51.0 Å². The second-order valence-electron chi connectivity index (χ2n) is 8.54. The second kappa shape index (κ2) is 12.0. The van der Waals surface area contributed by atoms with Crippen LogP contribution in [0.2, 0.25) is 0 Å². The maximum absolute atomic E-state index is 13.7. The number of alkyl halides is 3. The van der Waals surface area contributed by atoms with Gasteiger partial charge >= 0.3 is 6.18 Å². The summed E-state index contributed by atoms with van der Waals surface area (Å²) >= 11 is 2.77. The predicted molar refractivity (Wildman–Crippen MR) is 141 cm³/mol. The first-order valence-corrected chi connectivity index (χ1v) is 13.8. The van der Waals surface area contributed by atoms with E-state index in [1.807, 2.05) is 23.6 Å². The second-order valence-corrected chi connectivity index (χ2v) is 10.4. The van der Waals surface area contributed by atoms with Crippen molar-refractivity contribution >= 4 is 45.5 Å². The molecule has 0 saturated carbocycles. The van der Waals surface area contributed by atoms with Crippen LogP contribution in [0.4, 0.5) is 29.7 Å². The fourth-order valence-electron chi connectivity index (χ4n) is 3.84. The number of halogens is 3. The Kier molecular flexibility index (Phi) is 8.79. The van der Waals surface area contributed by atoms with Crippen LogP contribution in [-0.2, 0) is 11.0 Å². The van der Waals surface area contributed by atoms with Crippen LogP contribution in [0, 0.1) is 0 Å². The zero-order valence-electron chi connectivity index (χ0n) is 19.9. The lowest BCUT2D eigenvalue weighted by molar-refractivity contribution is -0.138. The van der Waals surface area contributed by atoms with Crippen LogP contribution in [0.15, 0.2) is 46.7 Å². The summed E-state index contributed by atoms with van der Waals surface area (Å²) in [5, 5.41) is 8.15. The van der Waals surface area contributed by atoms with Gasteiger partial charge in [-0.15, -0.1) is 23.1 Å². The van der Waals surface area contributed by atoms with E-state index in [4.69, 9.17) is 4.74 Å². The first-order chi connectivity index (χ1) is 17.3. The fourth-order valence-corrected chi connectivity index (χ4v) is 5.42. The summed E-state index contributed by atoms with van der Waals surface area (Å²) in [7, 11) is 0. The first-order valence-electron chi connectivity index (χ1n) is 12.0. The van der Waals surface area contributed by atoms with Crippen LogP contribution in [0.5, 0.6) is 5.75 Å². The molecule has 2 heterocycles. The Morgan fingerprint density at radius 1 is 1.08 bits per heavy atom. The number of carbonyl (C=O) groups excluding carboxylic acids is 1. The molecule has 3 aromatic rings. The molecule has 1 aliphatic rings. The van der Waals surface area contributed by atoms with Crippen molar-refractivity contribution in [2.45, 2.75) is 56.5 Å². The number of nitrogens with one attached hydrogen (secondary N) is 2. The number of fused-ring (bicyclic) bond motifs is 1. The lowest BCUT2D eigenvalue weighted by Crippen LogP contribution is -2.18. The first kappa shape index (κ1) is 26.3. The molecule has 0 saturated heterocycles. The van der Waals surface area contributed by atoms with E-state index in [1.165, 1.54) is 35.6 Å². The van der Waals surface area contributed by atoms with Gasteiger partial charge in [-0.05, 0) is 36.8 Å². The maximum Gasteiger partial charge on any atom is 0.420 e. The third-order valence-electron chi connectivity index (χ3n) is 5.71. The van der Waals surface area contributed by atoms with Gasteiger partial charge in [-0.25, -0.2) is 4.98 Å². The van der Waals surface area contributed by atoms with Crippen molar-refractivity contribution in [3.8, 4) is 17.0 Å². The number of benzene rings is 2. The van der Waals surface area contributed by atoms with E-state index >= 15 is 0 Å². The van der Waals surface area contributed by atoms with E-state index in [2.05, 4.69) is 22.5 Å². The molecular formula is C26H28F3N3O2S2. The van der Waals surface area contributed by atoms with Gasteiger partial charge in [0.15, 0.2) is 5.13 Å². The Labute approximate surface area is 216 Å². The van der Waals surface area contributed by atoms with Gasteiger partial charge in [0.25, 0.3) is 0 Å². The standard InChI is InChI=1S/C26H28F3N3O2S2/c1-2-3-4-5-6-7-12-34-22-11-9-18(14-19(22)26(27,28)29)30-25-32-21(15-36-25)17-8-10-20-23(13-17)35-16-24(33)31-20/h8-11,13-15H,2-7,12,16H2,1H3,(H,30,32)(H,31,33). The molecule has 1 aromatic heterocycles. The number of aromatic nitrogens is 1. The van der Waals surface area contributed by atoms with Crippen molar-refractivity contribution in [3.63, 3.8) is 0 Å². The van der Waals surface area contributed by atoms with Crippen LogP contribution in [-0.4, -0.2) is 23.3 Å². The van der Waals surface area contributed by atoms with E-state index in [9.17, 15) is 18.0 Å². The Bertz CT molecular complexity index is 1200. The lowest BCUT2D eigenvalue weighted by atomic mass is 10.1. The van der Waals surface area contributed by atoms with E-state index in [0.717, 1.165) is 54.3 Å².